The first-order valence-corrected chi connectivity index (χ1v) is 6.84. The van der Waals surface area contributed by atoms with E-state index in [0.29, 0.717) is 5.69 Å². The van der Waals surface area contributed by atoms with Crippen LogP contribution in [0, 0.1) is 6.92 Å². The number of amides is 1. The van der Waals surface area contributed by atoms with E-state index in [0.717, 1.165) is 5.56 Å². The number of nitrogens with zero attached hydrogens (tertiary/aromatic N) is 1. The van der Waals surface area contributed by atoms with Gasteiger partial charge in [-0.05, 0) is 30.7 Å². The number of carbonyl (C=O) groups is 1. The first kappa shape index (κ1) is 15.4. The van der Waals surface area contributed by atoms with Gasteiger partial charge < -0.3 is 15.6 Å². The van der Waals surface area contributed by atoms with Gasteiger partial charge in [0.2, 0.25) is 5.91 Å². The molecule has 2 rings (SSSR count). The first-order chi connectivity index (χ1) is 9.86. The van der Waals surface area contributed by atoms with Crippen molar-refractivity contribution in [3.63, 3.8) is 0 Å². The number of benzene rings is 1. The van der Waals surface area contributed by atoms with E-state index in [1.165, 1.54) is 22.8 Å². The highest BCUT2D eigenvalue weighted by Gasteiger charge is 2.12. The molecule has 1 aromatic heterocycles. The van der Waals surface area contributed by atoms with Crippen LogP contribution in [0.2, 0.25) is 10.0 Å². The summed E-state index contributed by atoms with van der Waals surface area (Å²) in [6, 6.07) is 6.18. The van der Waals surface area contributed by atoms with Crippen molar-refractivity contribution in [2.75, 3.05) is 11.1 Å². The zero-order valence-electron chi connectivity index (χ0n) is 11.2. The third-order valence-corrected chi connectivity index (χ3v) is 3.39. The molecule has 0 radical (unpaired) electrons. The monoisotopic (exact) mass is 325 g/mol. The number of anilines is 2. The molecule has 3 N–H and O–H groups in total. The standard InChI is InChI=1S/C14H13Cl2N3O2/c1-8-2-3-19(13(21)4-8)7-12(20)18-14-10(15)5-9(17)6-11(14)16/h2-6H,7,17H2,1H3,(H,18,20). The van der Waals surface area contributed by atoms with Crippen LogP contribution in [0.1, 0.15) is 5.56 Å². The summed E-state index contributed by atoms with van der Waals surface area (Å²) in [5, 5.41) is 3.06. The van der Waals surface area contributed by atoms with Gasteiger partial charge >= 0.3 is 0 Å². The van der Waals surface area contributed by atoms with Gasteiger partial charge in [0.1, 0.15) is 6.54 Å². The number of hydrogen-bond donors (Lipinski definition) is 2. The van der Waals surface area contributed by atoms with Gasteiger partial charge in [0.15, 0.2) is 0 Å². The van der Waals surface area contributed by atoms with Crippen LogP contribution in [0.25, 0.3) is 0 Å². The number of carbonyl (C=O) groups excluding carboxylic acids is 1. The lowest BCUT2D eigenvalue weighted by Gasteiger charge is -2.11. The molecule has 1 amide bonds. The van der Waals surface area contributed by atoms with E-state index in [1.54, 1.807) is 19.2 Å². The summed E-state index contributed by atoms with van der Waals surface area (Å²) in [5.41, 5.74) is 6.85. The van der Waals surface area contributed by atoms with Crippen molar-refractivity contribution in [2.45, 2.75) is 13.5 Å². The Hall–Kier alpha value is -1.98. The molecule has 0 fully saturated rings. The lowest BCUT2D eigenvalue weighted by Crippen LogP contribution is -2.27. The minimum Gasteiger partial charge on any atom is -0.399 e. The topological polar surface area (TPSA) is 77.1 Å². The number of nitrogen functional groups attached to an aromatic ring is 1. The van der Waals surface area contributed by atoms with E-state index in [4.69, 9.17) is 28.9 Å². The normalized spacial score (nSPS) is 10.4. The fourth-order valence-corrected chi connectivity index (χ4v) is 2.38. The summed E-state index contributed by atoms with van der Waals surface area (Å²) in [6.45, 7) is 1.68. The smallest absolute Gasteiger partial charge is 0.251 e. The van der Waals surface area contributed by atoms with E-state index in [1.807, 2.05) is 0 Å². The summed E-state index contributed by atoms with van der Waals surface area (Å²) in [7, 11) is 0. The van der Waals surface area contributed by atoms with Crippen LogP contribution in [0.15, 0.2) is 35.3 Å². The third kappa shape index (κ3) is 3.77. The van der Waals surface area contributed by atoms with E-state index in [9.17, 15) is 9.59 Å². The molecule has 7 heteroatoms. The maximum Gasteiger partial charge on any atom is 0.251 e. The number of hydrogen-bond acceptors (Lipinski definition) is 3. The molecule has 5 nitrogen and oxygen atoms in total. The first-order valence-electron chi connectivity index (χ1n) is 6.08. The average Bonchev–Trinajstić information content (AvgIpc) is 2.37. The molecule has 0 aliphatic carbocycles. The molecule has 1 aromatic carbocycles. The van der Waals surface area contributed by atoms with Crippen molar-refractivity contribution in [3.05, 3.63) is 56.4 Å². The molecular weight excluding hydrogens is 313 g/mol. The molecule has 0 spiro atoms. The van der Waals surface area contributed by atoms with Gasteiger partial charge in [-0.1, -0.05) is 23.2 Å². The van der Waals surface area contributed by atoms with Crippen LogP contribution in [-0.4, -0.2) is 10.5 Å². The van der Waals surface area contributed by atoms with Crippen LogP contribution in [0.3, 0.4) is 0 Å². The van der Waals surface area contributed by atoms with Gasteiger partial charge in [-0.2, -0.15) is 0 Å². The molecule has 0 unspecified atom stereocenters. The summed E-state index contributed by atoms with van der Waals surface area (Å²) < 4.78 is 1.29. The Morgan fingerprint density at radius 1 is 1.29 bits per heavy atom. The zero-order valence-corrected chi connectivity index (χ0v) is 12.7. The van der Waals surface area contributed by atoms with Gasteiger partial charge in [-0.3, -0.25) is 9.59 Å². The molecule has 0 bridgehead atoms. The minimum atomic E-state index is -0.408. The number of aromatic nitrogens is 1. The molecule has 0 saturated heterocycles. The zero-order chi connectivity index (χ0) is 15.6. The quantitative estimate of drug-likeness (QED) is 0.852. The molecule has 0 saturated carbocycles. The largest absolute Gasteiger partial charge is 0.399 e. The highest BCUT2D eigenvalue weighted by atomic mass is 35.5. The fourth-order valence-electron chi connectivity index (χ4n) is 1.78. The summed E-state index contributed by atoms with van der Waals surface area (Å²) >= 11 is 12.0. The van der Waals surface area contributed by atoms with Crippen LogP contribution in [0.5, 0.6) is 0 Å². The van der Waals surface area contributed by atoms with Crippen molar-refractivity contribution in [1.29, 1.82) is 0 Å². The van der Waals surface area contributed by atoms with Crippen LogP contribution < -0.4 is 16.6 Å². The highest BCUT2D eigenvalue weighted by Crippen LogP contribution is 2.32. The summed E-state index contributed by atoms with van der Waals surface area (Å²) in [5.74, 6) is -0.408. The predicted molar refractivity (Wildman–Crippen MR) is 84.9 cm³/mol. The second kappa shape index (κ2) is 6.20. The maximum atomic E-state index is 12.0. The van der Waals surface area contributed by atoms with E-state index >= 15 is 0 Å². The number of rotatable bonds is 3. The van der Waals surface area contributed by atoms with Crippen molar-refractivity contribution in [3.8, 4) is 0 Å². The predicted octanol–water partition coefficient (Wildman–Crippen LogP) is 2.68. The lowest BCUT2D eigenvalue weighted by atomic mass is 10.2. The second-order valence-electron chi connectivity index (χ2n) is 4.58. The fraction of sp³-hybridized carbons (Fsp3) is 0.143. The van der Waals surface area contributed by atoms with E-state index in [2.05, 4.69) is 5.32 Å². The molecule has 0 aliphatic rings. The second-order valence-corrected chi connectivity index (χ2v) is 5.39. The van der Waals surface area contributed by atoms with Gasteiger partial charge in [0.05, 0.1) is 15.7 Å². The van der Waals surface area contributed by atoms with Crippen LogP contribution in [0.4, 0.5) is 11.4 Å². The van der Waals surface area contributed by atoms with Gasteiger partial charge in [-0.25, -0.2) is 0 Å². The Kier molecular flexibility index (Phi) is 4.55. The molecule has 0 aliphatic heterocycles. The van der Waals surface area contributed by atoms with E-state index in [-0.39, 0.29) is 27.8 Å². The number of aryl methyl sites for hydroxylation is 1. The SMILES string of the molecule is Cc1ccn(CC(=O)Nc2c(Cl)cc(N)cc2Cl)c(=O)c1. The molecule has 0 atom stereocenters. The van der Waals surface area contributed by atoms with Crippen molar-refractivity contribution < 1.29 is 4.79 Å². The van der Waals surface area contributed by atoms with Gasteiger partial charge in [-0.15, -0.1) is 0 Å². The van der Waals surface area contributed by atoms with Crippen molar-refractivity contribution in [1.82, 2.24) is 4.57 Å². The van der Waals surface area contributed by atoms with Crippen LogP contribution in [-0.2, 0) is 11.3 Å². The van der Waals surface area contributed by atoms with Crippen molar-refractivity contribution >= 4 is 40.5 Å². The number of nitrogens with one attached hydrogen (secondary N) is 1. The maximum absolute atomic E-state index is 12.0. The summed E-state index contributed by atoms with van der Waals surface area (Å²) in [4.78, 5) is 23.7. The van der Waals surface area contributed by atoms with Gasteiger partial charge in [0.25, 0.3) is 5.56 Å². The minimum absolute atomic E-state index is 0.129. The third-order valence-electron chi connectivity index (χ3n) is 2.79. The van der Waals surface area contributed by atoms with Crippen molar-refractivity contribution in [2.24, 2.45) is 0 Å². The summed E-state index contributed by atoms with van der Waals surface area (Å²) in [6.07, 6.45) is 1.56. The molecule has 110 valence electrons. The van der Waals surface area contributed by atoms with Gasteiger partial charge in [0, 0.05) is 18.0 Å². The van der Waals surface area contributed by atoms with E-state index < -0.39 is 5.91 Å². The molecule has 21 heavy (non-hydrogen) atoms. The Labute approximate surface area is 131 Å². The number of pyridine rings is 1. The highest BCUT2D eigenvalue weighted by molar-refractivity contribution is 6.40. The Bertz CT molecular complexity index is 733. The average molecular weight is 326 g/mol. The Morgan fingerprint density at radius 3 is 2.48 bits per heavy atom. The number of nitrogens with two attached hydrogens (primary N) is 1. The Morgan fingerprint density at radius 2 is 1.90 bits per heavy atom. The molecule has 1 heterocycles. The molecular formula is C14H13Cl2N3O2. The Balaban J connectivity index is 2.17. The van der Waals surface area contributed by atoms with Crippen LogP contribution >= 0.6 is 23.2 Å². The number of halogens is 2. The molecule has 2 aromatic rings. The lowest BCUT2D eigenvalue weighted by molar-refractivity contribution is -0.116.